The van der Waals surface area contributed by atoms with Gasteiger partial charge in [0.25, 0.3) is 0 Å². The van der Waals surface area contributed by atoms with Gasteiger partial charge in [0.1, 0.15) is 6.10 Å². The Morgan fingerprint density at radius 2 is 2.27 bits per heavy atom. The fourth-order valence-electron chi connectivity index (χ4n) is 1.61. The highest BCUT2D eigenvalue weighted by Gasteiger charge is 2.12. The highest BCUT2D eigenvalue weighted by Crippen LogP contribution is 2.25. The topological polar surface area (TPSA) is 9.23 Å². The summed E-state index contributed by atoms with van der Waals surface area (Å²) in [6.45, 7) is 0. The van der Waals surface area contributed by atoms with Crippen molar-refractivity contribution in [2.75, 3.05) is 0 Å². The van der Waals surface area contributed by atoms with Crippen molar-refractivity contribution in [1.29, 1.82) is 0 Å². The Kier molecular flexibility index (Phi) is 3.41. The van der Waals surface area contributed by atoms with Crippen LogP contribution >= 0.6 is 15.9 Å². The lowest BCUT2D eigenvalue weighted by Crippen LogP contribution is -2.16. The molecule has 0 aromatic heterocycles. The molecule has 0 amide bonds. The molecule has 1 aromatic carbocycles. The summed E-state index contributed by atoms with van der Waals surface area (Å²) in [5, 5.41) is 0. The van der Waals surface area contributed by atoms with Crippen molar-refractivity contribution in [3.8, 4) is 5.75 Å². The number of hydrogen-bond acceptors (Lipinski definition) is 1. The first kappa shape index (κ1) is 10.7. The van der Waals surface area contributed by atoms with E-state index in [1.54, 1.807) is 12.1 Å². The summed E-state index contributed by atoms with van der Waals surface area (Å²) in [7, 11) is 0. The Morgan fingerprint density at radius 3 is 3.00 bits per heavy atom. The first-order valence-electron chi connectivity index (χ1n) is 5.04. The van der Waals surface area contributed by atoms with E-state index in [-0.39, 0.29) is 11.9 Å². The molecular formula is C12H12BrFO. The lowest BCUT2D eigenvalue weighted by atomic mass is 10.1. The van der Waals surface area contributed by atoms with Crippen LogP contribution in [0, 0.1) is 5.82 Å². The molecule has 15 heavy (non-hydrogen) atoms. The number of benzene rings is 1. The molecule has 1 aromatic rings. The molecule has 1 aliphatic carbocycles. The molecule has 1 nitrogen and oxygen atoms in total. The highest BCUT2D eigenvalue weighted by atomic mass is 79.9. The van der Waals surface area contributed by atoms with E-state index in [1.165, 1.54) is 6.07 Å². The van der Waals surface area contributed by atoms with Crippen LogP contribution in [0.25, 0.3) is 0 Å². The predicted octanol–water partition coefficient (Wildman–Crippen LogP) is 4.08. The van der Waals surface area contributed by atoms with E-state index in [0.717, 1.165) is 23.7 Å². The minimum atomic E-state index is -0.308. The average Bonchev–Trinajstić information content (AvgIpc) is 2.25. The van der Waals surface area contributed by atoms with E-state index in [9.17, 15) is 4.39 Å². The lowest BCUT2D eigenvalue weighted by molar-refractivity contribution is 0.220. The van der Waals surface area contributed by atoms with Crippen LogP contribution in [0.4, 0.5) is 4.39 Å². The van der Waals surface area contributed by atoms with Gasteiger partial charge < -0.3 is 4.74 Å². The van der Waals surface area contributed by atoms with Crippen LogP contribution < -0.4 is 4.74 Å². The van der Waals surface area contributed by atoms with Gasteiger partial charge in [-0.1, -0.05) is 22.0 Å². The number of rotatable bonds is 2. The lowest BCUT2D eigenvalue weighted by Gasteiger charge is -2.18. The molecule has 1 unspecified atom stereocenters. The molecule has 0 saturated heterocycles. The van der Waals surface area contributed by atoms with E-state index in [2.05, 4.69) is 22.0 Å². The molecule has 0 fully saturated rings. The maximum absolute atomic E-state index is 13.4. The van der Waals surface area contributed by atoms with E-state index >= 15 is 0 Å². The van der Waals surface area contributed by atoms with Crippen LogP contribution in [0.1, 0.15) is 19.3 Å². The van der Waals surface area contributed by atoms with E-state index < -0.39 is 0 Å². The third-order valence-corrected chi connectivity index (χ3v) is 2.88. The highest BCUT2D eigenvalue weighted by molar-refractivity contribution is 9.10. The first-order valence-corrected chi connectivity index (χ1v) is 5.83. The van der Waals surface area contributed by atoms with Crippen molar-refractivity contribution in [1.82, 2.24) is 0 Å². The van der Waals surface area contributed by atoms with Crippen LogP contribution in [-0.4, -0.2) is 6.10 Å². The number of ether oxygens (including phenoxy) is 1. The van der Waals surface area contributed by atoms with Crippen molar-refractivity contribution in [2.45, 2.75) is 25.4 Å². The molecule has 0 aliphatic heterocycles. The van der Waals surface area contributed by atoms with Crippen LogP contribution in [0.2, 0.25) is 0 Å². The van der Waals surface area contributed by atoms with Crippen molar-refractivity contribution in [3.05, 3.63) is 40.6 Å². The maximum atomic E-state index is 13.4. The van der Waals surface area contributed by atoms with Gasteiger partial charge in [0.2, 0.25) is 0 Å². The second-order valence-corrected chi connectivity index (χ2v) is 4.51. The third-order valence-electron chi connectivity index (χ3n) is 2.38. The van der Waals surface area contributed by atoms with Crippen LogP contribution in [-0.2, 0) is 0 Å². The molecule has 0 heterocycles. The summed E-state index contributed by atoms with van der Waals surface area (Å²) in [4.78, 5) is 0. The zero-order chi connectivity index (χ0) is 10.7. The first-order chi connectivity index (χ1) is 7.25. The zero-order valence-electron chi connectivity index (χ0n) is 8.25. The van der Waals surface area contributed by atoms with Gasteiger partial charge in [-0.2, -0.15) is 0 Å². The normalized spacial score (nSPS) is 20.3. The minimum Gasteiger partial charge on any atom is -0.483 e. The van der Waals surface area contributed by atoms with Crippen molar-refractivity contribution in [3.63, 3.8) is 0 Å². The van der Waals surface area contributed by atoms with Gasteiger partial charge in [-0.05, 0) is 43.5 Å². The fraction of sp³-hybridized carbons (Fsp3) is 0.333. The van der Waals surface area contributed by atoms with Crippen molar-refractivity contribution >= 4 is 15.9 Å². The number of hydrogen-bond donors (Lipinski definition) is 0. The van der Waals surface area contributed by atoms with Gasteiger partial charge in [0, 0.05) is 4.47 Å². The van der Waals surface area contributed by atoms with Crippen molar-refractivity contribution < 1.29 is 9.13 Å². The molecule has 0 N–H and O–H groups in total. The molecule has 80 valence electrons. The monoisotopic (exact) mass is 270 g/mol. The van der Waals surface area contributed by atoms with Crippen molar-refractivity contribution in [2.24, 2.45) is 0 Å². The Balaban J connectivity index is 2.12. The molecule has 0 radical (unpaired) electrons. The van der Waals surface area contributed by atoms with Crippen LogP contribution in [0.3, 0.4) is 0 Å². The number of halogens is 2. The zero-order valence-corrected chi connectivity index (χ0v) is 9.84. The van der Waals surface area contributed by atoms with Gasteiger partial charge in [0.05, 0.1) is 0 Å². The van der Waals surface area contributed by atoms with Gasteiger partial charge in [-0.3, -0.25) is 0 Å². The molecular weight excluding hydrogens is 259 g/mol. The van der Waals surface area contributed by atoms with Gasteiger partial charge in [0.15, 0.2) is 11.6 Å². The fourth-order valence-corrected chi connectivity index (χ4v) is 1.95. The summed E-state index contributed by atoms with van der Waals surface area (Å²) in [6.07, 6.45) is 7.27. The second kappa shape index (κ2) is 4.79. The predicted molar refractivity (Wildman–Crippen MR) is 61.5 cm³/mol. The Bertz CT molecular complexity index is 376. The SMILES string of the molecule is Fc1ccc(Br)cc1OC1C=CCCC1. The second-order valence-electron chi connectivity index (χ2n) is 3.59. The summed E-state index contributed by atoms with van der Waals surface area (Å²) in [6, 6.07) is 4.74. The molecule has 2 rings (SSSR count). The average molecular weight is 271 g/mol. The summed E-state index contributed by atoms with van der Waals surface area (Å²) in [5.74, 6) is 0.0121. The molecule has 1 atom stereocenters. The van der Waals surface area contributed by atoms with Gasteiger partial charge in [-0.25, -0.2) is 4.39 Å². The Labute approximate surface area is 97.1 Å². The molecule has 0 spiro atoms. The number of allylic oxidation sites excluding steroid dienone is 1. The standard InChI is InChI=1S/C12H12BrFO/c13-9-6-7-11(14)12(8-9)15-10-4-2-1-3-5-10/h2,4,6-8,10H,1,3,5H2. The smallest absolute Gasteiger partial charge is 0.165 e. The summed E-state index contributed by atoms with van der Waals surface area (Å²) >= 11 is 3.30. The van der Waals surface area contributed by atoms with Gasteiger partial charge >= 0.3 is 0 Å². The minimum absolute atomic E-state index is 0.0162. The molecule has 3 heteroatoms. The van der Waals surface area contributed by atoms with Gasteiger partial charge in [-0.15, -0.1) is 0 Å². The van der Waals surface area contributed by atoms with Crippen LogP contribution in [0.5, 0.6) is 5.75 Å². The largest absolute Gasteiger partial charge is 0.483 e. The van der Waals surface area contributed by atoms with E-state index in [4.69, 9.17) is 4.74 Å². The molecule has 1 aliphatic rings. The van der Waals surface area contributed by atoms with E-state index in [0.29, 0.717) is 5.75 Å². The Hall–Kier alpha value is -0.830. The molecule has 0 bridgehead atoms. The summed E-state index contributed by atoms with van der Waals surface area (Å²) < 4.78 is 19.8. The maximum Gasteiger partial charge on any atom is 0.165 e. The Morgan fingerprint density at radius 1 is 1.40 bits per heavy atom. The quantitative estimate of drug-likeness (QED) is 0.736. The van der Waals surface area contributed by atoms with Crippen LogP contribution in [0.15, 0.2) is 34.8 Å². The third kappa shape index (κ3) is 2.81. The molecule has 0 saturated carbocycles. The summed E-state index contributed by atoms with van der Waals surface area (Å²) in [5.41, 5.74) is 0. The van der Waals surface area contributed by atoms with E-state index in [1.807, 2.05) is 6.08 Å².